The number of fused-ring (bicyclic) bond motifs is 1. The minimum atomic E-state index is -0.245. The fraction of sp³-hybridized carbons (Fsp3) is 0.421. The summed E-state index contributed by atoms with van der Waals surface area (Å²) in [4.78, 5) is 9.19. The molecule has 2 aromatic rings. The molecule has 2 atom stereocenters. The molecule has 4 nitrogen and oxygen atoms in total. The maximum atomic E-state index is 13.3. The molecule has 2 unspecified atom stereocenters. The number of aromatic nitrogens is 1. The average molecular weight is 327 g/mol. The van der Waals surface area contributed by atoms with E-state index >= 15 is 0 Å². The first-order valence-corrected chi connectivity index (χ1v) is 8.54. The summed E-state index contributed by atoms with van der Waals surface area (Å²) in [6.07, 6.45) is 4.90. The molecular weight excluding hydrogens is 305 g/mol. The van der Waals surface area contributed by atoms with Crippen molar-refractivity contribution in [1.29, 1.82) is 0 Å². The van der Waals surface area contributed by atoms with Crippen molar-refractivity contribution in [2.24, 2.45) is 0 Å². The Labute approximate surface area is 141 Å². The van der Waals surface area contributed by atoms with E-state index in [9.17, 15) is 4.39 Å². The Morgan fingerprint density at radius 3 is 2.96 bits per heavy atom. The maximum absolute atomic E-state index is 13.3. The number of hydrogen-bond donors (Lipinski definition) is 0. The molecule has 0 radical (unpaired) electrons. The second-order valence-corrected chi connectivity index (χ2v) is 6.68. The lowest BCUT2D eigenvalue weighted by Gasteiger charge is -2.37. The van der Waals surface area contributed by atoms with E-state index in [1.165, 1.54) is 17.7 Å². The standard InChI is InChI=1S/C19H22FN3O/c20-16-4-1-5-18(9-16)24-19-10-17-13-22(7-8-23(17)14-19)12-15-3-2-6-21-11-15/h1-6,9,11,17,19H,7-8,10,12-14H2. The van der Waals surface area contributed by atoms with Crippen molar-refractivity contribution >= 4 is 0 Å². The summed E-state index contributed by atoms with van der Waals surface area (Å²) in [7, 11) is 0. The lowest BCUT2D eigenvalue weighted by atomic mass is 10.1. The van der Waals surface area contributed by atoms with Gasteiger partial charge in [-0.3, -0.25) is 14.8 Å². The van der Waals surface area contributed by atoms with Crippen LogP contribution in [0.5, 0.6) is 5.75 Å². The number of piperazine rings is 1. The van der Waals surface area contributed by atoms with Crippen molar-refractivity contribution in [2.45, 2.75) is 25.1 Å². The van der Waals surface area contributed by atoms with Crippen LogP contribution in [0.2, 0.25) is 0 Å². The van der Waals surface area contributed by atoms with Crippen LogP contribution < -0.4 is 4.74 Å². The van der Waals surface area contributed by atoms with Crippen molar-refractivity contribution in [2.75, 3.05) is 26.2 Å². The van der Waals surface area contributed by atoms with Gasteiger partial charge in [-0.1, -0.05) is 12.1 Å². The molecule has 3 heterocycles. The third kappa shape index (κ3) is 3.57. The Kier molecular flexibility index (Phi) is 4.45. The summed E-state index contributed by atoms with van der Waals surface area (Å²) < 4.78 is 19.3. The second kappa shape index (κ2) is 6.87. The van der Waals surface area contributed by atoms with E-state index in [4.69, 9.17) is 4.74 Å². The third-order valence-electron chi connectivity index (χ3n) is 4.89. The van der Waals surface area contributed by atoms with Gasteiger partial charge in [-0.2, -0.15) is 0 Å². The Bertz CT molecular complexity index is 681. The highest BCUT2D eigenvalue weighted by Crippen LogP contribution is 2.26. The van der Waals surface area contributed by atoms with Gasteiger partial charge in [0.1, 0.15) is 17.7 Å². The number of halogens is 1. The Balaban J connectivity index is 1.34. The van der Waals surface area contributed by atoms with Gasteiger partial charge in [0.25, 0.3) is 0 Å². The van der Waals surface area contributed by atoms with Crippen LogP contribution in [0.1, 0.15) is 12.0 Å². The maximum Gasteiger partial charge on any atom is 0.126 e. The van der Waals surface area contributed by atoms with Crippen LogP contribution in [-0.2, 0) is 6.54 Å². The quantitative estimate of drug-likeness (QED) is 0.863. The molecule has 0 spiro atoms. The fourth-order valence-corrected chi connectivity index (χ4v) is 3.77. The average Bonchev–Trinajstić information content (AvgIpc) is 2.97. The van der Waals surface area contributed by atoms with Crippen molar-refractivity contribution in [3.05, 3.63) is 60.2 Å². The van der Waals surface area contributed by atoms with Gasteiger partial charge >= 0.3 is 0 Å². The van der Waals surface area contributed by atoms with Gasteiger partial charge in [0.05, 0.1) is 0 Å². The summed E-state index contributed by atoms with van der Waals surface area (Å²) in [6.45, 7) is 5.07. The first kappa shape index (κ1) is 15.5. The summed E-state index contributed by atoms with van der Waals surface area (Å²) in [5.41, 5.74) is 1.26. The van der Waals surface area contributed by atoms with Crippen molar-refractivity contribution in [3.63, 3.8) is 0 Å². The molecule has 2 aliphatic heterocycles. The van der Waals surface area contributed by atoms with Gasteiger partial charge in [-0.25, -0.2) is 4.39 Å². The SMILES string of the molecule is Fc1cccc(OC2CC3CN(Cc4cccnc4)CCN3C2)c1. The lowest BCUT2D eigenvalue weighted by molar-refractivity contribution is 0.0978. The Morgan fingerprint density at radius 1 is 1.17 bits per heavy atom. The third-order valence-corrected chi connectivity index (χ3v) is 4.89. The van der Waals surface area contributed by atoms with Gasteiger partial charge < -0.3 is 4.74 Å². The summed E-state index contributed by atoms with van der Waals surface area (Å²) in [5, 5.41) is 0. The minimum Gasteiger partial charge on any atom is -0.489 e. The number of hydrogen-bond acceptors (Lipinski definition) is 4. The molecule has 2 fully saturated rings. The van der Waals surface area contributed by atoms with E-state index in [-0.39, 0.29) is 11.9 Å². The Hall–Kier alpha value is -1.98. The highest BCUT2D eigenvalue weighted by atomic mass is 19.1. The first-order valence-electron chi connectivity index (χ1n) is 8.54. The van der Waals surface area contributed by atoms with Gasteiger partial charge in [-0.05, 0) is 23.8 Å². The van der Waals surface area contributed by atoms with E-state index in [0.717, 1.165) is 39.1 Å². The zero-order chi connectivity index (χ0) is 16.4. The molecule has 0 aliphatic carbocycles. The van der Waals surface area contributed by atoms with Crippen LogP contribution in [0.4, 0.5) is 4.39 Å². The van der Waals surface area contributed by atoms with Crippen LogP contribution in [-0.4, -0.2) is 53.1 Å². The topological polar surface area (TPSA) is 28.6 Å². The molecular formula is C19H22FN3O. The highest BCUT2D eigenvalue weighted by Gasteiger charge is 2.37. The molecule has 1 aromatic carbocycles. The van der Waals surface area contributed by atoms with E-state index in [0.29, 0.717) is 11.8 Å². The van der Waals surface area contributed by atoms with Crippen molar-refractivity contribution in [1.82, 2.24) is 14.8 Å². The fourth-order valence-electron chi connectivity index (χ4n) is 3.77. The predicted molar refractivity (Wildman–Crippen MR) is 90.3 cm³/mol. The highest BCUT2D eigenvalue weighted by molar-refractivity contribution is 5.23. The molecule has 0 bridgehead atoms. The summed E-state index contributed by atoms with van der Waals surface area (Å²) >= 11 is 0. The zero-order valence-corrected chi connectivity index (χ0v) is 13.6. The molecule has 4 rings (SSSR count). The molecule has 5 heteroatoms. The molecule has 1 aromatic heterocycles. The normalized spacial score (nSPS) is 24.7. The van der Waals surface area contributed by atoms with E-state index < -0.39 is 0 Å². The summed E-state index contributed by atoms with van der Waals surface area (Å²) in [6, 6.07) is 11.1. The van der Waals surface area contributed by atoms with Gasteiger partial charge in [0.15, 0.2) is 0 Å². The largest absolute Gasteiger partial charge is 0.489 e. The Morgan fingerprint density at radius 2 is 2.12 bits per heavy atom. The van der Waals surface area contributed by atoms with Crippen molar-refractivity contribution in [3.8, 4) is 5.75 Å². The number of ether oxygens (including phenoxy) is 1. The van der Waals surface area contributed by atoms with Crippen LogP contribution >= 0.6 is 0 Å². The van der Waals surface area contributed by atoms with Crippen molar-refractivity contribution < 1.29 is 9.13 Å². The molecule has 2 saturated heterocycles. The molecule has 24 heavy (non-hydrogen) atoms. The lowest BCUT2D eigenvalue weighted by Crippen LogP contribution is -2.49. The minimum absolute atomic E-state index is 0.148. The molecule has 0 N–H and O–H groups in total. The smallest absolute Gasteiger partial charge is 0.126 e. The van der Waals surface area contributed by atoms with Crippen LogP contribution in [0.3, 0.4) is 0 Å². The monoisotopic (exact) mass is 327 g/mol. The van der Waals surface area contributed by atoms with Gasteiger partial charge in [0.2, 0.25) is 0 Å². The van der Waals surface area contributed by atoms with E-state index in [1.807, 2.05) is 24.5 Å². The summed E-state index contributed by atoms with van der Waals surface area (Å²) in [5.74, 6) is 0.387. The zero-order valence-electron chi connectivity index (χ0n) is 13.6. The van der Waals surface area contributed by atoms with E-state index in [1.54, 1.807) is 6.07 Å². The first-order chi connectivity index (χ1) is 11.8. The number of pyridine rings is 1. The van der Waals surface area contributed by atoms with Gasteiger partial charge in [0, 0.05) is 63.6 Å². The number of rotatable bonds is 4. The van der Waals surface area contributed by atoms with E-state index in [2.05, 4.69) is 20.9 Å². The number of nitrogens with zero attached hydrogens (tertiary/aromatic N) is 3. The molecule has 126 valence electrons. The van der Waals surface area contributed by atoms with Crippen LogP contribution in [0.15, 0.2) is 48.8 Å². The molecule has 2 aliphatic rings. The number of benzene rings is 1. The van der Waals surface area contributed by atoms with Crippen LogP contribution in [0, 0.1) is 5.82 Å². The van der Waals surface area contributed by atoms with Gasteiger partial charge in [-0.15, -0.1) is 0 Å². The predicted octanol–water partition coefficient (Wildman–Crippen LogP) is 2.56. The molecule has 0 amide bonds. The molecule has 0 saturated carbocycles. The second-order valence-electron chi connectivity index (χ2n) is 6.68. The van der Waals surface area contributed by atoms with Crippen LogP contribution in [0.25, 0.3) is 0 Å².